The van der Waals surface area contributed by atoms with Crippen LogP contribution in [0, 0.1) is 0 Å². The van der Waals surface area contributed by atoms with Gasteiger partial charge in [-0.1, -0.05) is 60.3 Å². The van der Waals surface area contributed by atoms with Crippen LogP contribution in [0.4, 0.5) is 5.69 Å². The predicted octanol–water partition coefficient (Wildman–Crippen LogP) is 5.42. The topological polar surface area (TPSA) is 117 Å². The molecule has 1 amide bonds. The number of benzene rings is 3. The van der Waals surface area contributed by atoms with E-state index in [0.717, 1.165) is 22.9 Å². The highest BCUT2D eigenvalue weighted by molar-refractivity contribution is 7.99. The van der Waals surface area contributed by atoms with Crippen LogP contribution in [0.1, 0.15) is 20.7 Å². The SMILES string of the molecule is COC(=O)c1cc(NC(=O)CSc2nc3scc(-c4ccccc4)c3c(=O)n2-c2ccccc2)cc(C(=O)OC)c1. The van der Waals surface area contributed by atoms with Gasteiger partial charge in [-0.25, -0.2) is 14.6 Å². The second kappa shape index (κ2) is 12.2. The van der Waals surface area contributed by atoms with Crippen molar-refractivity contribution in [2.24, 2.45) is 0 Å². The highest BCUT2D eigenvalue weighted by Gasteiger charge is 2.20. The number of amides is 1. The molecule has 0 aliphatic heterocycles. The Kier molecular flexibility index (Phi) is 8.27. The highest BCUT2D eigenvalue weighted by atomic mass is 32.2. The molecule has 2 aromatic heterocycles. The van der Waals surface area contributed by atoms with Gasteiger partial charge in [0.05, 0.1) is 42.2 Å². The van der Waals surface area contributed by atoms with Crippen LogP contribution in [-0.2, 0) is 14.3 Å². The Morgan fingerprint density at radius 1 is 0.902 bits per heavy atom. The zero-order valence-corrected chi connectivity index (χ0v) is 23.6. The van der Waals surface area contributed by atoms with Gasteiger partial charge in [-0.05, 0) is 35.9 Å². The van der Waals surface area contributed by atoms with Gasteiger partial charge >= 0.3 is 11.9 Å². The van der Waals surface area contributed by atoms with Crippen molar-refractivity contribution in [3.05, 3.63) is 106 Å². The number of aromatic nitrogens is 2. The second-order valence-electron chi connectivity index (χ2n) is 8.69. The van der Waals surface area contributed by atoms with Gasteiger partial charge in [0.2, 0.25) is 5.91 Å². The molecule has 0 atom stereocenters. The van der Waals surface area contributed by atoms with Gasteiger partial charge in [-0.15, -0.1) is 11.3 Å². The molecule has 0 unspecified atom stereocenters. The fraction of sp³-hybridized carbons (Fsp3) is 0.100. The van der Waals surface area contributed by atoms with Crippen molar-refractivity contribution in [1.29, 1.82) is 0 Å². The molecule has 0 spiro atoms. The summed E-state index contributed by atoms with van der Waals surface area (Å²) >= 11 is 2.46. The Morgan fingerprint density at radius 3 is 2.12 bits per heavy atom. The molecule has 41 heavy (non-hydrogen) atoms. The van der Waals surface area contributed by atoms with E-state index < -0.39 is 17.8 Å². The van der Waals surface area contributed by atoms with Crippen molar-refractivity contribution in [1.82, 2.24) is 9.55 Å². The number of anilines is 1. The van der Waals surface area contributed by atoms with Gasteiger partial charge in [0, 0.05) is 16.6 Å². The van der Waals surface area contributed by atoms with E-state index in [9.17, 15) is 19.2 Å². The van der Waals surface area contributed by atoms with Crippen LogP contribution in [0.2, 0.25) is 0 Å². The molecular formula is C30H23N3O6S2. The van der Waals surface area contributed by atoms with Crippen LogP contribution in [0.15, 0.2) is 94.2 Å². The van der Waals surface area contributed by atoms with Crippen molar-refractivity contribution in [2.75, 3.05) is 25.3 Å². The predicted molar refractivity (Wildman–Crippen MR) is 159 cm³/mol. The average Bonchev–Trinajstić information content (AvgIpc) is 3.44. The van der Waals surface area contributed by atoms with E-state index in [1.165, 1.54) is 48.3 Å². The first-order valence-corrected chi connectivity index (χ1v) is 14.2. The molecule has 5 rings (SSSR count). The summed E-state index contributed by atoms with van der Waals surface area (Å²) in [7, 11) is 2.43. The summed E-state index contributed by atoms with van der Waals surface area (Å²) in [5.41, 5.74) is 2.47. The number of nitrogens with one attached hydrogen (secondary N) is 1. The summed E-state index contributed by atoms with van der Waals surface area (Å²) < 4.78 is 11.0. The maximum atomic E-state index is 13.9. The van der Waals surface area contributed by atoms with Gasteiger partial charge in [0.25, 0.3) is 5.56 Å². The lowest BCUT2D eigenvalue weighted by Gasteiger charge is -2.13. The lowest BCUT2D eigenvalue weighted by Crippen LogP contribution is -2.22. The van der Waals surface area contributed by atoms with Gasteiger partial charge in [-0.3, -0.25) is 14.2 Å². The van der Waals surface area contributed by atoms with Crippen LogP contribution in [0.5, 0.6) is 0 Å². The molecule has 0 aliphatic rings. The first-order chi connectivity index (χ1) is 19.9. The van der Waals surface area contributed by atoms with Crippen molar-refractivity contribution >= 4 is 56.8 Å². The highest BCUT2D eigenvalue weighted by Crippen LogP contribution is 2.33. The molecule has 0 saturated carbocycles. The van der Waals surface area contributed by atoms with Crippen LogP contribution in [-0.4, -0.2) is 47.4 Å². The van der Waals surface area contributed by atoms with Crippen molar-refractivity contribution < 1.29 is 23.9 Å². The number of thioether (sulfide) groups is 1. The van der Waals surface area contributed by atoms with E-state index in [1.807, 2.05) is 53.9 Å². The number of carbonyl (C=O) groups is 3. The molecule has 0 saturated heterocycles. The van der Waals surface area contributed by atoms with Crippen molar-refractivity contribution in [2.45, 2.75) is 5.16 Å². The van der Waals surface area contributed by atoms with Gasteiger partial charge in [0.1, 0.15) is 4.83 Å². The number of ether oxygens (including phenoxy) is 2. The molecule has 0 fully saturated rings. The van der Waals surface area contributed by atoms with Crippen LogP contribution in [0.25, 0.3) is 27.0 Å². The lowest BCUT2D eigenvalue weighted by molar-refractivity contribution is -0.113. The third-order valence-corrected chi connectivity index (χ3v) is 7.88. The standard InChI is InChI=1S/C30H23N3O6S2/c1-38-28(36)19-13-20(29(37)39-2)15-21(14-19)31-24(34)17-41-30-32-26-25(23(16-40-26)18-9-5-3-6-10-18)27(35)33(30)22-11-7-4-8-12-22/h3-16H,17H2,1-2H3,(H,31,34). The van der Waals surface area contributed by atoms with E-state index >= 15 is 0 Å². The zero-order valence-electron chi connectivity index (χ0n) is 22.0. The van der Waals surface area contributed by atoms with E-state index in [1.54, 1.807) is 12.1 Å². The average molecular weight is 586 g/mol. The van der Waals surface area contributed by atoms with Crippen molar-refractivity contribution in [3.63, 3.8) is 0 Å². The Labute approximate surface area is 242 Å². The number of nitrogens with zero attached hydrogens (tertiary/aromatic N) is 2. The normalized spacial score (nSPS) is 10.8. The van der Waals surface area contributed by atoms with E-state index in [-0.39, 0.29) is 28.1 Å². The number of thiophene rings is 1. The fourth-order valence-electron chi connectivity index (χ4n) is 4.20. The first-order valence-electron chi connectivity index (χ1n) is 12.3. The third kappa shape index (κ3) is 5.91. The number of esters is 2. The summed E-state index contributed by atoms with van der Waals surface area (Å²) in [6, 6.07) is 22.9. The minimum atomic E-state index is -0.671. The minimum Gasteiger partial charge on any atom is -0.465 e. The molecule has 0 bridgehead atoms. The van der Waals surface area contributed by atoms with Crippen LogP contribution < -0.4 is 10.9 Å². The van der Waals surface area contributed by atoms with Gasteiger partial charge in [-0.2, -0.15) is 0 Å². The molecule has 0 radical (unpaired) electrons. The number of hydrogen-bond donors (Lipinski definition) is 1. The van der Waals surface area contributed by atoms with Gasteiger partial charge in [0.15, 0.2) is 5.16 Å². The number of fused-ring (bicyclic) bond motifs is 1. The molecule has 11 heteroatoms. The summed E-state index contributed by atoms with van der Waals surface area (Å²) in [4.78, 5) is 56.5. The summed E-state index contributed by atoms with van der Waals surface area (Å²) in [6.07, 6.45) is 0. The number of para-hydroxylation sites is 1. The molecule has 5 aromatic rings. The fourth-order valence-corrected chi connectivity index (χ4v) is 6.00. The van der Waals surface area contributed by atoms with E-state index in [2.05, 4.69) is 5.32 Å². The Balaban J connectivity index is 1.47. The number of hydrogen-bond acceptors (Lipinski definition) is 9. The Morgan fingerprint density at radius 2 is 1.51 bits per heavy atom. The summed E-state index contributed by atoms with van der Waals surface area (Å²) in [6.45, 7) is 0. The molecule has 2 heterocycles. The van der Waals surface area contributed by atoms with Gasteiger partial charge < -0.3 is 14.8 Å². The summed E-state index contributed by atoms with van der Waals surface area (Å²) in [5, 5.41) is 5.47. The molecule has 206 valence electrons. The van der Waals surface area contributed by atoms with Crippen LogP contribution >= 0.6 is 23.1 Å². The molecular weight excluding hydrogens is 562 g/mol. The molecule has 0 aliphatic carbocycles. The number of carbonyl (C=O) groups excluding carboxylic acids is 3. The number of rotatable bonds is 8. The quantitative estimate of drug-likeness (QED) is 0.146. The molecule has 1 N–H and O–H groups in total. The third-order valence-electron chi connectivity index (χ3n) is 6.07. The maximum Gasteiger partial charge on any atom is 0.337 e. The molecule has 9 nitrogen and oxygen atoms in total. The second-order valence-corrected chi connectivity index (χ2v) is 10.5. The Bertz CT molecular complexity index is 1780. The smallest absolute Gasteiger partial charge is 0.337 e. The van der Waals surface area contributed by atoms with E-state index in [0.29, 0.717) is 21.1 Å². The molecule has 3 aromatic carbocycles. The van der Waals surface area contributed by atoms with Crippen molar-refractivity contribution in [3.8, 4) is 16.8 Å². The number of methoxy groups -OCH3 is 2. The Hall–Kier alpha value is -4.74. The summed E-state index contributed by atoms with van der Waals surface area (Å²) in [5.74, 6) is -1.87. The monoisotopic (exact) mass is 585 g/mol. The van der Waals surface area contributed by atoms with Crippen LogP contribution in [0.3, 0.4) is 0 Å². The largest absolute Gasteiger partial charge is 0.465 e. The maximum absolute atomic E-state index is 13.9. The van der Waals surface area contributed by atoms with E-state index in [4.69, 9.17) is 14.5 Å². The first kappa shape index (κ1) is 27.8. The lowest BCUT2D eigenvalue weighted by atomic mass is 10.1. The zero-order chi connectivity index (χ0) is 28.9. The minimum absolute atomic E-state index is 0.0790.